The molecule has 1 N–H and O–H groups in total. The van der Waals surface area contributed by atoms with E-state index in [0.29, 0.717) is 5.02 Å². The Kier molecular flexibility index (Phi) is 4.47. The fraction of sp³-hybridized carbons (Fsp3) is 0.222. The van der Waals surface area contributed by atoms with Crippen LogP contribution in [0.25, 0.3) is 0 Å². The molecule has 76 valence electrons. The van der Waals surface area contributed by atoms with Gasteiger partial charge in [-0.3, -0.25) is 4.79 Å². The second-order valence-electron chi connectivity index (χ2n) is 2.55. The Morgan fingerprint density at radius 2 is 2.36 bits per heavy atom. The lowest BCUT2D eigenvalue weighted by Crippen LogP contribution is -2.15. The number of carbonyl (C=O) groups excluding carboxylic acids is 1. The van der Waals surface area contributed by atoms with E-state index in [-0.39, 0.29) is 12.5 Å². The molecule has 5 heteroatoms. The number of methoxy groups -OCH3 is 1. The van der Waals surface area contributed by atoms with Crippen molar-refractivity contribution < 1.29 is 9.53 Å². The van der Waals surface area contributed by atoms with Crippen LogP contribution in [0.5, 0.6) is 0 Å². The number of hydrogen-bond donors (Lipinski definition) is 1. The maximum Gasteiger partial charge on any atom is 0.325 e. The molecule has 0 fully saturated rings. The summed E-state index contributed by atoms with van der Waals surface area (Å²) in [6.45, 7) is 0.161. The predicted molar refractivity (Wildman–Crippen MR) is 64.7 cm³/mol. The van der Waals surface area contributed by atoms with Gasteiger partial charge in [-0.05, 0) is 40.8 Å². The zero-order chi connectivity index (χ0) is 10.6. The molecule has 0 aromatic heterocycles. The first-order valence-corrected chi connectivity index (χ1v) is 5.35. The Balaban J connectivity index is 2.63. The second-order valence-corrected chi connectivity index (χ2v) is 4.15. The van der Waals surface area contributed by atoms with Crippen LogP contribution < -0.4 is 5.32 Å². The molecule has 0 aliphatic carbocycles. The largest absolute Gasteiger partial charge is 0.468 e. The van der Waals surface area contributed by atoms with E-state index in [1.807, 2.05) is 12.1 Å². The van der Waals surface area contributed by atoms with Crippen LogP contribution >= 0.6 is 34.2 Å². The molecular weight excluding hydrogens is 316 g/mol. The van der Waals surface area contributed by atoms with Gasteiger partial charge in [-0.25, -0.2) is 0 Å². The highest BCUT2D eigenvalue weighted by molar-refractivity contribution is 14.1. The van der Waals surface area contributed by atoms with Crippen molar-refractivity contribution in [3.05, 3.63) is 26.8 Å². The molecule has 0 bridgehead atoms. The summed E-state index contributed by atoms with van der Waals surface area (Å²) in [5.74, 6) is -0.296. The van der Waals surface area contributed by atoms with Crippen LogP contribution in [0.15, 0.2) is 18.2 Å². The number of halogens is 2. The van der Waals surface area contributed by atoms with E-state index in [0.717, 1.165) is 9.26 Å². The molecule has 1 rings (SSSR count). The van der Waals surface area contributed by atoms with E-state index in [1.54, 1.807) is 6.07 Å². The first-order chi connectivity index (χ1) is 6.63. The van der Waals surface area contributed by atoms with Gasteiger partial charge in [-0.15, -0.1) is 0 Å². The smallest absolute Gasteiger partial charge is 0.325 e. The van der Waals surface area contributed by atoms with Gasteiger partial charge in [0.05, 0.1) is 7.11 Å². The summed E-state index contributed by atoms with van der Waals surface area (Å²) >= 11 is 7.93. The maximum absolute atomic E-state index is 10.9. The molecule has 0 aliphatic heterocycles. The van der Waals surface area contributed by atoms with Crippen LogP contribution in [-0.4, -0.2) is 19.6 Å². The number of esters is 1. The molecule has 0 spiro atoms. The van der Waals surface area contributed by atoms with Crippen LogP contribution in [0.2, 0.25) is 5.02 Å². The second kappa shape index (κ2) is 5.41. The van der Waals surface area contributed by atoms with Crippen LogP contribution in [0.3, 0.4) is 0 Å². The number of carbonyl (C=O) groups is 1. The summed E-state index contributed by atoms with van der Waals surface area (Å²) in [6, 6.07) is 5.41. The number of benzene rings is 1. The quantitative estimate of drug-likeness (QED) is 0.685. The molecule has 1 aromatic carbocycles. The van der Waals surface area contributed by atoms with E-state index in [2.05, 4.69) is 32.6 Å². The van der Waals surface area contributed by atoms with Gasteiger partial charge in [0.1, 0.15) is 6.54 Å². The molecule has 0 saturated carbocycles. The molecule has 0 saturated heterocycles. The van der Waals surface area contributed by atoms with E-state index >= 15 is 0 Å². The Morgan fingerprint density at radius 1 is 1.64 bits per heavy atom. The highest BCUT2D eigenvalue weighted by Crippen LogP contribution is 2.21. The number of ether oxygens (including phenoxy) is 1. The Morgan fingerprint density at radius 3 is 2.93 bits per heavy atom. The van der Waals surface area contributed by atoms with Gasteiger partial charge >= 0.3 is 5.97 Å². The molecule has 0 unspecified atom stereocenters. The molecule has 1 aromatic rings. The third kappa shape index (κ3) is 3.34. The van der Waals surface area contributed by atoms with E-state index < -0.39 is 0 Å². The maximum atomic E-state index is 10.9. The molecule has 0 heterocycles. The zero-order valence-corrected chi connectivity index (χ0v) is 10.4. The van der Waals surface area contributed by atoms with E-state index in [4.69, 9.17) is 11.6 Å². The highest BCUT2D eigenvalue weighted by atomic mass is 127. The van der Waals surface area contributed by atoms with Crippen molar-refractivity contribution in [2.24, 2.45) is 0 Å². The molecule has 0 amide bonds. The lowest BCUT2D eigenvalue weighted by molar-refractivity contribution is -0.138. The fourth-order valence-electron chi connectivity index (χ4n) is 0.872. The van der Waals surface area contributed by atoms with Gasteiger partial charge in [0.25, 0.3) is 0 Å². The SMILES string of the molecule is COC(=O)CNc1ccc(Cl)cc1I. The van der Waals surface area contributed by atoms with Gasteiger partial charge in [-0.2, -0.15) is 0 Å². The van der Waals surface area contributed by atoms with Gasteiger partial charge in [0.15, 0.2) is 0 Å². The average Bonchev–Trinajstić information content (AvgIpc) is 2.16. The monoisotopic (exact) mass is 325 g/mol. The van der Waals surface area contributed by atoms with Crippen molar-refractivity contribution in [3.8, 4) is 0 Å². The van der Waals surface area contributed by atoms with Crippen molar-refractivity contribution >= 4 is 45.8 Å². The zero-order valence-electron chi connectivity index (χ0n) is 7.51. The van der Waals surface area contributed by atoms with Crippen molar-refractivity contribution in [3.63, 3.8) is 0 Å². The number of hydrogen-bond acceptors (Lipinski definition) is 3. The molecule has 14 heavy (non-hydrogen) atoms. The van der Waals surface area contributed by atoms with E-state index in [9.17, 15) is 4.79 Å². The standard InChI is InChI=1S/C9H9ClINO2/c1-14-9(13)5-12-8-3-2-6(10)4-7(8)11/h2-4,12H,5H2,1H3. The van der Waals surface area contributed by atoms with Crippen LogP contribution in [0.4, 0.5) is 5.69 Å². The number of anilines is 1. The van der Waals surface area contributed by atoms with Crippen molar-refractivity contribution in [1.29, 1.82) is 0 Å². The summed E-state index contributed by atoms with van der Waals surface area (Å²) in [6.07, 6.45) is 0. The fourth-order valence-corrected chi connectivity index (χ4v) is 1.93. The topological polar surface area (TPSA) is 38.3 Å². The predicted octanol–water partition coefficient (Wildman–Crippen LogP) is 2.53. The van der Waals surface area contributed by atoms with Gasteiger partial charge in [0.2, 0.25) is 0 Å². The van der Waals surface area contributed by atoms with Crippen LogP contribution in [0, 0.1) is 3.57 Å². The molecule has 0 radical (unpaired) electrons. The normalized spacial score (nSPS) is 9.64. The minimum absolute atomic E-state index is 0.161. The molecule has 0 atom stereocenters. The molecule has 3 nitrogen and oxygen atoms in total. The third-order valence-electron chi connectivity index (χ3n) is 1.58. The minimum atomic E-state index is -0.296. The summed E-state index contributed by atoms with van der Waals surface area (Å²) in [5.41, 5.74) is 0.875. The first-order valence-electron chi connectivity index (χ1n) is 3.89. The lowest BCUT2D eigenvalue weighted by atomic mass is 10.3. The van der Waals surface area contributed by atoms with Crippen molar-refractivity contribution in [1.82, 2.24) is 0 Å². The highest BCUT2D eigenvalue weighted by Gasteiger charge is 2.03. The Hall–Kier alpha value is -0.490. The van der Waals surface area contributed by atoms with Crippen LogP contribution in [-0.2, 0) is 9.53 Å². The third-order valence-corrected chi connectivity index (χ3v) is 2.71. The summed E-state index contributed by atoms with van der Waals surface area (Å²) in [7, 11) is 1.36. The van der Waals surface area contributed by atoms with Gasteiger partial charge in [0, 0.05) is 14.3 Å². The summed E-state index contributed by atoms with van der Waals surface area (Å²) in [5, 5.41) is 3.63. The Labute approximate surface area is 101 Å². The summed E-state index contributed by atoms with van der Waals surface area (Å²) < 4.78 is 5.48. The van der Waals surface area contributed by atoms with E-state index in [1.165, 1.54) is 7.11 Å². The molecule has 0 aliphatic rings. The minimum Gasteiger partial charge on any atom is -0.468 e. The number of nitrogens with one attached hydrogen (secondary N) is 1. The van der Waals surface area contributed by atoms with Gasteiger partial charge < -0.3 is 10.1 Å². The molecular formula is C9H9ClINO2. The first kappa shape index (κ1) is 11.6. The van der Waals surface area contributed by atoms with Gasteiger partial charge in [-0.1, -0.05) is 11.6 Å². The summed E-state index contributed by atoms with van der Waals surface area (Å²) in [4.78, 5) is 10.9. The lowest BCUT2D eigenvalue weighted by Gasteiger charge is -2.07. The van der Waals surface area contributed by atoms with Crippen molar-refractivity contribution in [2.75, 3.05) is 19.0 Å². The van der Waals surface area contributed by atoms with Crippen LogP contribution in [0.1, 0.15) is 0 Å². The average molecular weight is 326 g/mol. The van der Waals surface area contributed by atoms with Crippen molar-refractivity contribution in [2.45, 2.75) is 0 Å². The Bertz CT molecular complexity index is 344. The number of rotatable bonds is 3.